The van der Waals surface area contributed by atoms with Crippen molar-refractivity contribution < 1.29 is 12.8 Å². The van der Waals surface area contributed by atoms with Crippen molar-refractivity contribution in [2.24, 2.45) is 5.73 Å². The number of hydrogen-bond donors (Lipinski definition) is 1. The van der Waals surface area contributed by atoms with Crippen LogP contribution in [0.25, 0.3) is 11.1 Å². The second kappa shape index (κ2) is 4.30. The zero-order chi connectivity index (χ0) is 15.3. The molecule has 2 N–H and O–H groups in total. The summed E-state index contributed by atoms with van der Waals surface area (Å²) in [6.07, 6.45) is 1.17. The minimum Gasteiger partial charge on any atom is -0.440 e. The maximum absolute atomic E-state index is 11.6. The number of hydrogen-bond acceptors (Lipinski definition) is 5. The maximum atomic E-state index is 11.6. The number of nitrogens with two attached hydrogens (primary N) is 1. The Hall–Kier alpha value is -1.40. The molecule has 0 fully saturated rings. The van der Waals surface area contributed by atoms with Crippen LogP contribution in [0.15, 0.2) is 27.5 Å². The van der Waals surface area contributed by atoms with Gasteiger partial charge in [-0.15, -0.1) is 0 Å². The fourth-order valence-corrected chi connectivity index (χ4v) is 2.32. The molecule has 0 amide bonds. The summed E-state index contributed by atoms with van der Waals surface area (Å²) in [5.41, 5.74) is 6.26. The van der Waals surface area contributed by atoms with E-state index in [1.165, 1.54) is 18.4 Å². The van der Waals surface area contributed by atoms with E-state index in [1.54, 1.807) is 6.07 Å². The van der Waals surface area contributed by atoms with Crippen molar-refractivity contribution in [1.82, 2.24) is 4.98 Å². The van der Waals surface area contributed by atoms with E-state index < -0.39 is 20.8 Å². The molecule has 0 saturated carbocycles. The lowest BCUT2D eigenvalue weighted by atomic mass is 9.75. The fraction of sp³-hybridized carbons (Fsp3) is 0.500. The van der Waals surface area contributed by atoms with Crippen LogP contribution in [0.1, 0.15) is 33.6 Å². The summed E-state index contributed by atoms with van der Waals surface area (Å²) in [5.74, 6) is 0.505. The average Bonchev–Trinajstić information content (AvgIpc) is 2.68. The van der Waals surface area contributed by atoms with Gasteiger partial charge in [-0.2, -0.15) is 0 Å². The lowest BCUT2D eigenvalue weighted by Crippen LogP contribution is -2.50. The van der Waals surface area contributed by atoms with Gasteiger partial charge in [0.15, 0.2) is 15.4 Å². The summed E-state index contributed by atoms with van der Waals surface area (Å²) in [5, 5.41) is 0. The Morgan fingerprint density at radius 1 is 1.20 bits per heavy atom. The van der Waals surface area contributed by atoms with Gasteiger partial charge in [0, 0.05) is 11.8 Å². The largest absolute Gasteiger partial charge is 0.440 e. The van der Waals surface area contributed by atoms with E-state index in [9.17, 15) is 8.42 Å². The molecule has 0 aliphatic rings. The van der Waals surface area contributed by atoms with Crippen LogP contribution in [0.2, 0.25) is 0 Å². The SMILES string of the molecule is CC(C)(N)C(C)(C)c1nc2cc(S(C)(=O)=O)ccc2o1. The Balaban J connectivity index is 2.61. The second-order valence-electron chi connectivity index (χ2n) is 6.27. The second-order valence-corrected chi connectivity index (χ2v) is 8.28. The smallest absolute Gasteiger partial charge is 0.202 e. The molecule has 0 unspecified atom stereocenters. The van der Waals surface area contributed by atoms with Crippen molar-refractivity contribution in [2.75, 3.05) is 6.26 Å². The van der Waals surface area contributed by atoms with Gasteiger partial charge in [0.25, 0.3) is 0 Å². The Morgan fingerprint density at radius 2 is 1.80 bits per heavy atom. The van der Waals surface area contributed by atoms with E-state index in [0.29, 0.717) is 17.0 Å². The minimum absolute atomic E-state index is 0.231. The lowest BCUT2D eigenvalue weighted by Gasteiger charge is -2.35. The average molecular weight is 296 g/mol. The number of fused-ring (bicyclic) bond motifs is 1. The number of aromatic nitrogens is 1. The van der Waals surface area contributed by atoms with E-state index in [0.717, 1.165) is 0 Å². The van der Waals surface area contributed by atoms with Gasteiger partial charge in [-0.25, -0.2) is 13.4 Å². The zero-order valence-electron chi connectivity index (χ0n) is 12.4. The predicted molar refractivity (Wildman–Crippen MR) is 78.4 cm³/mol. The molecular weight excluding hydrogens is 276 g/mol. The maximum Gasteiger partial charge on any atom is 0.202 e. The Kier molecular flexibility index (Phi) is 3.22. The van der Waals surface area contributed by atoms with E-state index in [1.807, 2.05) is 27.7 Å². The zero-order valence-corrected chi connectivity index (χ0v) is 13.2. The first-order chi connectivity index (χ1) is 8.93. The Bertz CT molecular complexity index is 752. The van der Waals surface area contributed by atoms with Gasteiger partial charge < -0.3 is 10.2 Å². The molecule has 0 aliphatic carbocycles. The molecule has 2 aromatic rings. The molecular formula is C14H20N2O3S. The quantitative estimate of drug-likeness (QED) is 0.938. The third-order valence-corrected chi connectivity index (χ3v) is 5.04. The lowest BCUT2D eigenvalue weighted by molar-refractivity contribution is 0.251. The predicted octanol–water partition coefficient (Wildman–Crippen LogP) is 2.25. The first kappa shape index (κ1) is 15.0. The summed E-state index contributed by atoms with van der Waals surface area (Å²) < 4.78 is 28.9. The minimum atomic E-state index is -3.26. The molecule has 0 atom stereocenters. The molecule has 1 heterocycles. The van der Waals surface area contributed by atoms with Crippen LogP contribution in [-0.2, 0) is 15.3 Å². The molecule has 5 nitrogen and oxygen atoms in total. The van der Waals surface area contributed by atoms with Gasteiger partial charge in [-0.05, 0) is 45.9 Å². The highest BCUT2D eigenvalue weighted by atomic mass is 32.2. The molecule has 0 saturated heterocycles. The molecule has 1 aromatic heterocycles. The number of benzene rings is 1. The Morgan fingerprint density at radius 3 is 2.30 bits per heavy atom. The van der Waals surface area contributed by atoms with Crippen molar-refractivity contribution in [3.05, 3.63) is 24.1 Å². The van der Waals surface area contributed by atoms with Gasteiger partial charge in [-0.1, -0.05) is 0 Å². The molecule has 110 valence electrons. The normalized spacial score (nSPS) is 13.9. The van der Waals surface area contributed by atoms with Gasteiger partial charge in [-0.3, -0.25) is 0 Å². The molecule has 0 aliphatic heterocycles. The van der Waals surface area contributed by atoms with Crippen molar-refractivity contribution in [2.45, 2.75) is 43.5 Å². The highest BCUT2D eigenvalue weighted by molar-refractivity contribution is 7.90. The molecule has 1 aromatic carbocycles. The van der Waals surface area contributed by atoms with E-state index in [2.05, 4.69) is 4.98 Å². The first-order valence-electron chi connectivity index (χ1n) is 6.33. The summed E-state index contributed by atoms with van der Waals surface area (Å²) >= 11 is 0. The molecule has 2 rings (SSSR count). The number of sulfone groups is 1. The van der Waals surface area contributed by atoms with Crippen LogP contribution in [0, 0.1) is 0 Å². The number of oxazole rings is 1. The van der Waals surface area contributed by atoms with Crippen molar-refractivity contribution in [3.63, 3.8) is 0 Å². The van der Waals surface area contributed by atoms with Crippen LogP contribution >= 0.6 is 0 Å². The third-order valence-electron chi connectivity index (χ3n) is 3.93. The highest BCUT2D eigenvalue weighted by Crippen LogP contribution is 2.34. The summed E-state index contributed by atoms with van der Waals surface area (Å²) in [6.45, 7) is 7.72. The molecule has 0 bridgehead atoms. The molecule has 20 heavy (non-hydrogen) atoms. The van der Waals surface area contributed by atoms with Crippen LogP contribution in [-0.4, -0.2) is 25.2 Å². The molecule has 0 spiro atoms. The van der Waals surface area contributed by atoms with E-state index in [-0.39, 0.29) is 4.90 Å². The van der Waals surface area contributed by atoms with Crippen LogP contribution < -0.4 is 5.73 Å². The van der Waals surface area contributed by atoms with Gasteiger partial charge >= 0.3 is 0 Å². The summed E-state index contributed by atoms with van der Waals surface area (Å²) in [7, 11) is -3.26. The third kappa shape index (κ3) is 2.45. The topological polar surface area (TPSA) is 86.2 Å². The molecule has 0 radical (unpaired) electrons. The Labute approximate surface area is 119 Å². The number of rotatable bonds is 3. The van der Waals surface area contributed by atoms with Crippen molar-refractivity contribution in [1.29, 1.82) is 0 Å². The monoisotopic (exact) mass is 296 g/mol. The van der Waals surface area contributed by atoms with E-state index in [4.69, 9.17) is 10.2 Å². The van der Waals surface area contributed by atoms with Gasteiger partial charge in [0.2, 0.25) is 5.89 Å². The fourth-order valence-electron chi connectivity index (χ4n) is 1.68. The summed E-state index contributed by atoms with van der Waals surface area (Å²) in [6, 6.07) is 4.67. The van der Waals surface area contributed by atoms with Crippen LogP contribution in [0.4, 0.5) is 0 Å². The first-order valence-corrected chi connectivity index (χ1v) is 8.22. The van der Waals surface area contributed by atoms with Crippen LogP contribution in [0.3, 0.4) is 0 Å². The standard InChI is InChI=1S/C14H20N2O3S/c1-13(2,14(3,4)15)12-16-10-8-9(20(5,17)18)6-7-11(10)19-12/h6-8H,15H2,1-5H3. The van der Waals surface area contributed by atoms with Gasteiger partial charge in [0.05, 0.1) is 10.3 Å². The molecule has 6 heteroatoms. The van der Waals surface area contributed by atoms with Crippen molar-refractivity contribution >= 4 is 20.9 Å². The van der Waals surface area contributed by atoms with Gasteiger partial charge in [0.1, 0.15) is 5.52 Å². The highest BCUT2D eigenvalue weighted by Gasteiger charge is 2.39. The summed E-state index contributed by atoms with van der Waals surface area (Å²) in [4.78, 5) is 4.65. The van der Waals surface area contributed by atoms with Crippen molar-refractivity contribution in [3.8, 4) is 0 Å². The van der Waals surface area contributed by atoms with Crippen LogP contribution in [0.5, 0.6) is 0 Å². The van der Waals surface area contributed by atoms with E-state index >= 15 is 0 Å². The number of nitrogens with zero attached hydrogens (tertiary/aromatic N) is 1.